The smallest absolute Gasteiger partial charge is 0.139 e. The lowest BCUT2D eigenvalue weighted by Crippen LogP contribution is -2.37. The van der Waals surface area contributed by atoms with Crippen LogP contribution in [0.2, 0.25) is 0 Å². The third-order valence-electron chi connectivity index (χ3n) is 6.67. The molecule has 1 spiro atoms. The number of piperidine rings is 1. The van der Waals surface area contributed by atoms with Gasteiger partial charge in [-0.25, -0.2) is 13.9 Å². The van der Waals surface area contributed by atoms with E-state index < -0.39 is 11.0 Å². The minimum Gasteiger partial charge on any atom is -0.371 e. The molecule has 0 bridgehead atoms. The van der Waals surface area contributed by atoms with Crippen molar-refractivity contribution in [3.05, 3.63) is 53.1 Å². The zero-order chi connectivity index (χ0) is 23.2. The first-order valence-electron chi connectivity index (χ1n) is 11.6. The Kier molecular flexibility index (Phi) is 6.00. The number of H-pyrrole nitrogens is 1. The van der Waals surface area contributed by atoms with Gasteiger partial charge in [-0.2, -0.15) is 0 Å². The van der Waals surface area contributed by atoms with E-state index in [0.717, 1.165) is 45.1 Å². The van der Waals surface area contributed by atoms with E-state index in [1.807, 2.05) is 51.2 Å². The molecule has 1 saturated carbocycles. The van der Waals surface area contributed by atoms with Crippen LogP contribution in [0, 0.1) is 5.41 Å². The van der Waals surface area contributed by atoms with Crippen LogP contribution in [0.25, 0.3) is 22.6 Å². The molecule has 1 aliphatic carbocycles. The number of hydrogen-bond acceptors (Lipinski definition) is 3. The summed E-state index contributed by atoms with van der Waals surface area (Å²) in [4.78, 5) is 11.5. The number of nitrogens with one attached hydrogen (secondary N) is 2. The number of halogens is 1. The number of anilines is 1. The maximum absolute atomic E-state index is 12.7. The zero-order valence-corrected chi connectivity index (χ0v) is 21.9. The number of benzene rings is 2. The molecule has 3 aromatic rings. The van der Waals surface area contributed by atoms with E-state index in [1.165, 1.54) is 31.4 Å². The molecule has 1 saturated heterocycles. The topological polar surface area (TPSA) is 61.0 Å². The van der Waals surface area contributed by atoms with Gasteiger partial charge in [0, 0.05) is 39.9 Å². The Bertz CT molecular complexity index is 1180. The average molecular weight is 528 g/mol. The third-order valence-corrected chi connectivity index (χ3v) is 8.64. The fourth-order valence-electron chi connectivity index (χ4n) is 4.59. The number of rotatable bonds is 5. The summed E-state index contributed by atoms with van der Waals surface area (Å²) < 4.78 is 17.0. The molecule has 1 aliphatic heterocycles. The second kappa shape index (κ2) is 8.67. The van der Waals surface area contributed by atoms with Crippen molar-refractivity contribution < 1.29 is 4.21 Å². The Morgan fingerprint density at radius 3 is 2.55 bits per heavy atom. The predicted molar refractivity (Wildman–Crippen MR) is 140 cm³/mol. The van der Waals surface area contributed by atoms with Crippen LogP contribution in [0.15, 0.2) is 58.0 Å². The van der Waals surface area contributed by atoms with E-state index in [0.29, 0.717) is 5.41 Å². The molecule has 1 atom stereocenters. The van der Waals surface area contributed by atoms with Gasteiger partial charge in [0.1, 0.15) is 16.8 Å². The number of imidazole rings is 1. The molecule has 174 valence electrons. The standard InChI is InChI=1S/C26H31BrN4OS/c1-25(2,3)30-33(32)20-6-4-5-18(15-20)22-17-28-24(29-22)21-8-7-19(27)16-23(21)31-13-11-26(9-10-26)12-14-31/h4-8,15-17,30H,9-14H2,1-3H3,(H,28,29). The summed E-state index contributed by atoms with van der Waals surface area (Å²) in [6.07, 6.45) is 7.26. The van der Waals surface area contributed by atoms with Gasteiger partial charge in [-0.3, -0.25) is 0 Å². The molecule has 1 aromatic heterocycles. The molecule has 5 nitrogen and oxygen atoms in total. The molecule has 0 amide bonds. The van der Waals surface area contributed by atoms with E-state index in [-0.39, 0.29) is 5.54 Å². The van der Waals surface area contributed by atoms with E-state index in [1.54, 1.807) is 0 Å². The summed E-state index contributed by atoms with van der Waals surface area (Å²) in [5.74, 6) is 0.860. The van der Waals surface area contributed by atoms with Gasteiger partial charge >= 0.3 is 0 Å². The zero-order valence-electron chi connectivity index (χ0n) is 19.5. The number of hydrogen-bond donors (Lipinski definition) is 2. The third kappa shape index (κ3) is 5.10. The number of nitrogens with zero attached hydrogens (tertiary/aromatic N) is 2. The highest BCUT2D eigenvalue weighted by atomic mass is 79.9. The Morgan fingerprint density at radius 1 is 1.09 bits per heavy atom. The summed E-state index contributed by atoms with van der Waals surface area (Å²) in [6, 6.07) is 14.3. The monoisotopic (exact) mass is 526 g/mol. The van der Waals surface area contributed by atoms with Gasteiger partial charge in [-0.1, -0.05) is 28.1 Å². The van der Waals surface area contributed by atoms with Gasteiger partial charge in [-0.15, -0.1) is 0 Å². The number of aromatic nitrogens is 2. The minimum atomic E-state index is -1.27. The van der Waals surface area contributed by atoms with E-state index >= 15 is 0 Å². The molecule has 2 aliphatic rings. The Morgan fingerprint density at radius 2 is 1.85 bits per heavy atom. The van der Waals surface area contributed by atoms with Gasteiger partial charge in [0.05, 0.1) is 16.8 Å². The summed E-state index contributed by atoms with van der Waals surface area (Å²) in [6.45, 7) is 8.24. The molecule has 2 N–H and O–H groups in total. The van der Waals surface area contributed by atoms with Gasteiger partial charge in [0.25, 0.3) is 0 Å². The van der Waals surface area contributed by atoms with Gasteiger partial charge in [0.2, 0.25) is 0 Å². The fraction of sp³-hybridized carbons (Fsp3) is 0.423. The lowest BCUT2D eigenvalue weighted by Gasteiger charge is -2.35. The molecule has 2 heterocycles. The Hall–Kier alpha value is -1.96. The second-order valence-corrected chi connectivity index (χ2v) is 12.6. The summed E-state index contributed by atoms with van der Waals surface area (Å²) in [5, 5.41) is 0. The maximum Gasteiger partial charge on any atom is 0.139 e. The molecule has 1 unspecified atom stereocenters. The van der Waals surface area contributed by atoms with Crippen molar-refractivity contribution in [1.82, 2.24) is 14.7 Å². The molecule has 33 heavy (non-hydrogen) atoms. The fourth-order valence-corrected chi connectivity index (χ4v) is 6.05. The Labute approximate surface area is 207 Å². The molecule has 2 fully saturated rings. The molecule has 5 rings (SSSR count). The molecule has 0 radical (unpaired) electrons. The first-order valence-corrected chi connectivity index (χ1v) is 13.6. The van der Waals surface area contributed by atoms with Gasteiger partial charge in [-0.05, 0) is 82.2 Å². The van der Waals surface area contributed by atoms with Crippen LogP contribution in [0.3, 0.4) is 0 Å². The summed E-state index contributed by atoms with van der Waals surface area (Å²) >= 11 is 3.66. The highest BCUT2D eigenvalue weighted by Gasteiger charge is 2.44. The van der Waals surface area contributed by atoms with Crippen LogP contribution >= 0.6 is 15.9 Å². The van der Waals surface area contributed by atoms with Crippen LogP contribution in [0.4, 0.5) is 5.69 Å². The van der Waals surface area contributed by atoms with Crippen LogP contribution in [0.1, 0.15) is 46.5 Å². The van der Waals surface area contributed by atoms with Crippen LogP contribution in [-0.4, -0.2) is 32.8 Å². The lowest BCUT2D eigenvalue weighted by molar-refractivity contribution is 0.384. The van der Waals surface area contributed by atoms with Crippen LogP contribution < -0.4 is 9.62 Å². The molecule has 2 aromatic carbocycles. The van der Waals surface area contributed by atoms with Crippen molar-refractivity contribution in [3.8, 4) is 22.6 Å². The first kappa shape index (κ1) is 22.8. The maximum atomic E-state index is 12.7. The molecular weight excluding hydrogens is 496 g/mol. The normalized spacial score (nSPS) is 18.5. The SMILES string of the molecule is CC(C)(C)NS(=O)c1cccc(-c2cnc(-c3ccc(Br)cc3N3CCC4(CC3)CC4)[nH]2)c1. The van der Waals surface area contributed by atoms with E-state index in [4.69, 9.17) is 4.98 Å². The van der Waals surface area contributed by atoms with E-state index in [2.05, 4.69) is 48.7 Å². The first-order chi connectivity index (χ1) is 15.7. The van der Waals surface area contributed by atoms with Crippen molar-refractivity contribution >= 4 is 32.6 Å². The van der Waals surface area contributed by atoms with Crippen LogP contribution in [-0.2, 0) is 11.0 Å². The highest BCUT2D eigenvalue weighted by molar-refractivity contribution is 9.10. The molecular formula is C26H31BrN4OS. The average Bonchev–Trinajstić information content (AvgIpc) is 3.34. The minimum absolute atomic E-state index is 0.229. The van der Waals surface area contributed by atoms with E-state index in [9.17, 15) is 4.21 Å². The number of aromatic amines is 1. The van der Waals surface area contributed by atoms with Crippen molar-refractivity contribution in [2.45, 2.75) is 56.9 Å². The van der Waals surface area contributed by atoms with Crippen molar-refractivity contribution in [2.24, 2.45) is 5.41 Å². The van der Waals surface area contributed by atoms with Crippen LogP contribution in [0.5, 0.6) is 0 Å². The summed E-state index contributed by atoms with van der Waals surface area (Å²) in [7, 11) is -1.27. The summed E-state index contributed by atoms with van der Waals surface area (Å²) in [5.41, 5.74) is 4.66. The predicted octanol–water partition coefficient (Wildman–Crippen LogP) is 6.30. The largest absolute Gasteiger partial charge is 0.371 e. The Balaban J connectivity index is 1.42. The van der Waals surface area contributed by atoms with Crippen molar-refractivity contribution in [3.63, 3.8) is 0 Å². The van der Waals surface area contributed by atoms with Gasteiger partial charge < -0.3 is 9.88 Å². The van der Waals surface area contributed by atoms with Crippen molar-refractivity contribution in [2.75, 3.05) is 18.0 Å². The highest BCUT2D eigenvalue weighted by Crippen LogP contribution is 2.54. The molecule has 7 heteroatoms. The second-order valence-electron chi connectivity index (χ2n) is 10.4. The van der Waals surface area contributed by atoms with Crippen molar-refractivity contribution in [1.29, 1.82) is 0 Å². The quantitative estimate of drug-likeness (QED) is 0.410. The lowest BCUT2D eigenvalue weighted by atomic mass is 9.93. The van der Waals surface area contributed by atoms with Gasteiger partial charge in [0.15, 0.2) is 0 Å².